The van der Waals surface area contributed by atoms with Gasteiger partial charge in [-0.15, -0.1) is 0 Å². The van der Waals surface area contributed by atoms with Gasteiger partial charge in [0.15, 0.2) is 11.6 Å². The lowest BCUT2D eigenvalue weighted by Gasteiger charge is -2.11. The molecule has 0 aliphatic heterocycles. The fraction of sp³-hybridized carbons (Fsp3) is 0.100. The molecule has 2 N–H and O–H groups in total. The largest absolute Gasteiger partial charge is 0.508 e. The van der Waals surface area contributed by atoms with E-state index in [2.05, 4.69) is 20.3 Å². The van der Waals surface area contributed by atoms with Gasteiger partial charge in [-0.3, -0.25) is 9.36 Å². The third-order valence-electron chi connectivity index (χ3n) is 4.45. The molecule has 0 aliphatic rings. The molecule has 1 amide bonds. The zero-order valence-electron chi connectivity index (χ0n) is 15.8. The molecule has 0 atom stereocenters. The van der Waals surface area contributed by atoms with Crippen molar-refractivity contribution in [1.82, 2.24) is 19.5 Å². The zero-order valence-corrected chi connectivity index (χ0v) is 15.8. The van der Waals surface area contributed by atoms with Crippen molar-refractivity contribution in [2.24, 2.45) is 0 Å². The summed E-state index contributed by atoms with van der Waals surface area (Å²) in [6, 6.07) is 7.75. The van der Waals surface area contributed by atoms with Crippen LogP contribution in [-0.2, 0) is 6.18 Å². The molecule has 2 aromatic carbocycles. The first kappa shape index (κ1) is 20.3. The highest BCUT2D eigenvalue weighted by Crippen LogP contribution is 2.34. The number of hydrogen-bond acceptors (Lipinski definition) is 5. The summed E-state index contributed by atoms with van der Waals surface area (Å²) in [6.45, 7) is 1.56. The summed E-state index contributed by atoms with van der Waals surface area (Å²) in [6.07, 6.45) is -2.73. The summed E-state index contributed by atoms with van der Waals surface area (Å²) >= 11 is 0. The Kier molecular flexibility index (Phi) is 4.80. The summed E-state index contributed by atoms with van der Waals surface area (Å²) < 4.78 is 55.2. The predicted octanol–water partition coefficient (Wildman–Crippen LogP) is 4.24. The van der Waals surface area contributed by atoms with Crippen LogP contribution in [0.2, 0.25) is 0 Å². The SMILES string of the molecule is Cc1cccc(F)c1C(=O)Nc1cnc(-n2c(C(F)(F)F)nc3cc(O)ccc32)cn1. The molecular weight excluding hydrogens is 418 g/mol. The van der Waals surface area contributed by atoms with E-state index in [1.807, 2.05) is 0 Å². The number of phenolic OH excluding ortho intramolecular Hbond substituents is 1. The highest BCUT2D eigenvalue weighted by molar-refractivity contribution is 6.04. The van der Waals surface area contributed by atoms with E-state index in [1.54, 1.807) is 13.0 Å². The molecule has 0 bridgehead atoms. The third kappa shape index (κ3) is 3.77. The normalized spacial score (nSPS) is 11.6. The Morgan fingerprint density at radius 2 is 1.90 bits per heavy atom. The van der Waals surface area contributed by atoms with E-state index in [4.69, 9.17) is 0 Å². The van der Waals surface area contributed by atoms with Crippen molar-refractivity contribution in [3.05, 3.63) is 71.6 Å². The minimum atomic E-state index is -4.80. The van der Waals surface area contributed by atoms with Gasteiger partial charge in [-0.25, -0.2) is 19.3 Å². The van der Waals surface area contributed by atoms with Gasteiger partial charge >= 0.3 is 6.18 Å². The van der Waals surface area contributed by atoms with Crippen LogP contribution in [0.3, 0.4) is 0 Å². The molecule has 158 valence electrons. The summed E-state index contributed by atoms with van der Waals surface area (Å²) in [4.78, 5) is 23.8. The fourth-order valence-electron chi connectivity index (χ4n) is 3.09. The monoisotopic (exact) mass is 431 g/mol. The highest BCUT2D eigenvalue weighted by Gasteiger charge is 2.38. The number of aryl methyl sites for hydroxylation is 1. The van der Waals surface area contributed by atoms with Crippen molar-refractivity contribution < 1.29 is 27.5 Å². The number of anilines is 1. The van der Waals surface area contributed by atoms with Crippen molar-refractivity contribution in [1.29, 1.82) is 0 Å². The maximum Gasteiger partial charge on any atom is 0.450 e. The standard InChI is InChI=1S/C20H13F4N5O2/c1-10-3-2-4-12(21)17(10)18(31)28-15-8-26-16(9-25-15)29-14-6-5-11(30)7-13(14)27-19(29)20(22,23)24/h2-9,30H,1H3,(H,25,28,31). The van der Waals surface area contributed by atoms with Crippen LogP contribution in [0.25, 0.3) is 16.9 Å². The molecule has 4 rings (SSSR count). The number of halogens is 4. The van der Waals surface area contributed by atoms with Gasteiger partial charge in [-0.05, 0) is 30.7 Å². The first-order valence-electron chi connectivity index (χ1n) is 8.82. The van der Waals surface area contributed by atoms with Crippen molar-refractivity contribution in [3.63, 3.8) is 0 Å². The first-order chi connectivity index (χ1) is 14.6. The van der Waals surface area contributed by atoms with Crippen LogP contribution in [0.1, 0.15) is 21.7 Å². The number of amides is 1. The van der Waals surface area contributed by atoms with E-state index in [0.29, 0.717) is 5.56 Å². The number of carbonyl (C=O) groups excluding carboxylic acids is 1. The maximum absolute atomic E-state index is 14.0. The molecule has 0 aliphatic carbocycles. The molecular formula is C20H13F4N5O2. The second-order valence-electron chi connectivity index (χ2n) is 6.59. The van der Waals surface area contributed by atoms with E-state index in [0.717, 1.165) is 29.1 Å². The number of carbonyl (C=O) groups is 1. The van der Waals surface area contributed by atoms with Crippen molar-refractivity contribution >= 4 is 22.8 Å². The quantitative estimate of drug-likeness (QED) is 0.474. The number of rotatable bonds is 3. The second-order valence-corrected chi connectivity index (χ2v) is 6.59. The van der Waals surface area contributed by atoms with Gasteiger partial charge in [-0.2, -0.15) is 13.2 Å². The van der Waals surface area contributed by atoms with Crippen LogP contribution in [0.15, 0.2) is 48.8 Å². The Labute approximate surface area is 172 Å². The number of aromatic hydroxyl groups is 1. The molecule has 0 unspecified atom stereocenters. The Morgan fingerprint density at radius 3 is 2.55 bits per heavy atom. The molecule has 0 radical (unpaired) electrons. The number of nitrogens with one attached hydrogen (secondary N) is 1. The number of nitrogens with zero attached hydrogens (tertiary/aromatic N) is 4. The number of aromatic nitrogens is 4. The van der Waals surface area contributed by atoms with Gasteiger partial charge in [0.2, 0.25) is 5.82 Å². The lowest BCUT2D eigenvalue weighted by atomic mass is 10.1. The molecule has 7 nitrogen and oxygen atoms in total. The maximum atomic E-state index is 14.0. The molecule has 31 heavy (non-hydrogen) atoms. The van der Waals surface area contributed by atoms with Gasteiger partial charge in [0.25, 0.3) is 5.91 Å². The Balaban J connectivity index is 1.70. The van der Waals surface area contributed by atoms with E-state index in [1.165, 1.54) is 18.2 Å². The average molecular weight is 431 g/mol. The van der Waals surface area contributed by atoms with Crippen molar-refractivity contribution in [2.75, 3.05) is 5.32 Å². The van der Waals surface area contributed by atoms with Gasteiger partial charge < -0.3 is 10.4 Å². The van der Waals surface area contributed by atoms with Crippen molar-refractivity contribution in [2.45, 2.75) is 13.1 Å². The summed E-state index contributed by atoms with van der Waals surface area (Å²) in [7, 11) is 0. The van der Waals surface area contributed by atoms with E-state index < -0.39 is 23.7 Å². The molecule has 0 spiro atoms. The zero-order chi connectivity index (χ0) is 22.3. The van der Waals surface area contributed by atoms with Gasteiger partial charge in [0.05, 0.1) is 29.0 Å². The number of alkyl halides is 3. The number of imidazole rings is 1. The minimum Gasteiger partial charge on any atom is -0.508 e. The van der Waals surface area contributed by atoms with Crippen LogP contribution in [0.5, 0.6) is 5.75 Å². The Hall–Kier alpha value is -4.02. The summed E-state index contributed by atoms with van der Waals surface area (Å²) in [5.41, 5.74) is 0.206. The van der Waals surface area contributed by atoms with E-state index in [-0.39, 0.29) is 34.0 Å². The topological polar surface area (TPSA) is 92.9 Å². The molecule has 0 saturated heterocycles. The average Bonchev–Trinajstić information content (AvgIpc) is 3.07. The molecule has 0 saturated carbocycles. The molecule has 4 aromatic rings. The second kappa shape index (κ2) is 7.35. The van der Waals surface area contributed by atoms with Crippen LogP contribution in [0, 0.1) is 12.7 Å². The number of benzene rings is 2. The van der Waals surface area contributed by atoms with Crippen LogP contribution in [0.4, 0.5) is 23.4 Å². The van der Waals surface area contributed by atoms with E-state index >= 15 is 0 Å². The highest BCUT2D eigenvalue weighted by atomic mass is 19.4. The number of phenols is 1. The summed E-state index contributed by atoms with van der Waals surface area (Å²) in [5.74, 6) is -3.26. The van der Waals surface area contributed by atoms with E-state index in [9.17, 15) is 27.5 Å². The first-order valence-corrected chi connectivity index (χ1v) is 8.82. The molecule has 2 heterocycles. The van der Waals surface area contributed by atoms with Gasteiger partial charge in [0.1, 0.15) is 11.6 Å². The van der Waals surface area contributed by atoms with Gasteiger partial charge in [0, 0.05) is 6.07 Å². The summed E-state index contributed by atoms with van der Waals surface area (Å²) in [5, 5.41) is 11.9. The predicted molar refractivity (Wildman–Crippen MR) is 102 cm³/mol. The number of fused-ring (bicyclic) bond motifs is 1. The smallest absolute Gasteiger partial charge is 0.450 e. The van der Waals surface area contributed by atoms with Crippen LogP contribution >= 0.6 is 0 Å². The number of hydrogen-bond donors (Lipinski definition) is 2. The fourth-order valence-corrected chi connectivity index (χ4v) is 3.09. The Morgan fingerprint density at radius 1 is 1.13 bits per heavy atom. The Bertz CT molecular complexity index is 1280. The van der Waals surface area contributed by atoms with Crippen molar-refractivity contribution in [3.8, 4) is 11.6 Å². The minimum absolute atomic E-state index is 0.0539. The van der Waals surface area contributed by atoms with Gasteiger partial charge in [-0.1, -0.05) is 12.1 Å². The third-order valence-corrected chi connectivity index (χ3v) is 4.45. The van der Waals surface area contributed by atoms with Crippen LogP contribution in [-0.4, -0.2) is 30.5 Å². The molecule has 2 aromatic heterocycles. The lowest BCUT2D eigenvalue weighted by molar-refractivity contribution is -0.145. The van der Waals surface area contributed by atoms with Crippen LogP contribution < -0.4 is 5.32 Å². The lowest BCUT2D eigenvalue weighted by Crippen LogP contribution is -2.17. The molecule has 11 heteroatoms. The molecule has 0 fully saturated rings.